The number of rotatable bonds is 6. The van der Waals surface area contributed by atoms with Gasteiger partial charge in [0.1, 0.15) is 0 Å². The highest BCUT2D eigenvalue weighted by Gasteiger charge is 2.41. The Morgan fingerprint density at radius 2 is 2.18 bits per heavy atom. The van der Waals surface area contributed by atoms with Crippen LogP contribution >= 0.6 is 12.4 Å². The van der Waals surface area contributed by atoms with Gasteiger partial charge in [0, 0.05) is 24.2 Å². The largest absolute Gasteiger partial charge is 0.490 e. The number of hydrogen-bond donors (Lipinski definition) is 2. The number of halogens is 1. The molecule has 0 spiro atoms. The van der Waals surface area contributed by atoms with Crippen molar-refractivity contribution >= 4 is 24.0 Å². The Balaban J connectivity index is 0.00000242. The number of nitrogens with one attached hydrogen (secondary N) is 1. The summed E-state index contributed by atoms with van der Waals surface area (Å²) < 4.78 is 4.97. The molecule has 1 unspecified atom stereocenters. The van der Waals surface area contributed by atoms with Gasteiger partial charge in [-0.15, -0.1) is 12.4 Å². The molecule has 1 aromatic rings. The molecule has 0 aliphatic heterocycles. The summed E-state index contributed by atoms with van der Waals surface area (Å²) in [5.74, 6) is 0.156. The lowest BCUT2D eigenvalue weighted by Crippen LogP contribution is -2.53. The number of methoxy groups -OCH3 is 1. The number of hydrogen-bond acceptors (Lipinski definition) is 5. The Morgan fingerprint density at radius 1 is 1.55 bits per heavy atom. The molecule has 0 radical (unpaired) electrons. The molecular formula is C14H20ClN3O4. The highest BCUT2D eigenvalue weighted by Crippen LogP contribution is 2.39. The van der Waals surface area contributed by atoms with Crippen LogP contribution in [0.25, 0.3) is 0 Å². The first kappa shape index (κ1) is 18.2. The van der Waals surface area contributed by atoms with Crippen LogP contribution in [-0.2, 0) is 0 Å². The molecule has 0 heterocycles. The van der Waals surface area contributed by atoms with Crippen molar-refractivity contribution in [2.45, 2.75) is 25.3 Å². The molecule has 1 aromatic carbocycles. The summed E-state index contributed by atoms with van der Waals surface area (Å²) in [5, 5.41) is 13.8. The molecule has 1 aliphatic carbocycles. The summed E-state index contributed by atoms with van der Waals surface area (Å²) >= 11 is 0. The summed E-state index contributed by atoms with van der Waals surface area (Å²) in [6, 6.07) is 4.06. The molecular weight excluding hydrogens is 310 g/mol. The van der Waals surface area contributed by atoms with Crippen molar-refractivity contribution in [3.05, 3.63) is 33.9 Å². The van der Waals surface area contributed by atoms with Gasteiger partial charge in [0.15, 0.2) is 5.75 Å². The van der Waals surface area contributed by atoms with Crippen molar-refractivity contribution < 1.29 is 14.5 Å². The summed E-state index contributed by atoms with van der Waals surface area (Å²) in [4.78, 5) is 22.6. The number of nitro groups is 1. The molecule has 1 amide bonds. The van der Waals surface area contributed by atoms with Gasteiger partial charge in [-0.3, -0.25) is 14.9 Å². The number of nitrogens with two attached hydrogens (primary N) is 1. The second kappa shape index (κ2) is 6.93. The van der Waals surface area contributed by atoms with E-state index in [1.54, 1.807) is 0 Å². The Labute approximate surface area is 134 Å². The highest BCUT2D eigenvalue weighted by atomic mass is 35.5. The van der Waals surface area contributed by atoms with Crippen LogP contribution in [0.4, 0.5) is 5.69 Å². The third-order valence-corrected chi connectivity index (χ3v) is 3.94. The maximum atomic E-state index is 12.3. The summed E-state index contributed by atoms with van der Waals surface area (Å²) in [6.45, 7) is 2.28. The molecule has 122 valence electrons. The van der Waals surface area contributed by atoms with Gasteiger partial charge in [0.2, 0.25) is 0 Å². The van der Waals surface area contributed by atoms with E-state index in [-0.39, 0.29) is 29.8 Å². The van der Waals surface area contributed by atoms with E-state index in [9.17, 15) is 14.9 Å². The van der Waals surface area contributed by atoms with Gasteiger partial charge in [0.25, 0.3) is 5.91 Å². The summed E-state index contributed by atoms with van der Waals surface area (Å²) in [6.07, 6.45) is 2.11. The van der Waals surface area contributed by atoms with Gasteiger partial charge >= 0.3 is 5.69 Å². The SMILES string of the molecule is COc1cc(C(=O)NC(C)(CN)C2CC2)ccc1[N+](=O)[O-].Cl. The third-order valence-electron chi connectivity index (χ3n) is 3.94. The zero-order valence-electron chi connectivity index (χ0n) is 12.5. The maximum absolute atomic E-state index is 12.3. The highest BCUT2D eigenvalue weighted by molar-refractivity contribution is 5.95. The first-order chi connectivity index (χ1) is 9.91. The van der Waals surface area contributed by atoms with Crippen molar-refractivity contribution in [3.8, 4) is 5.75 Å². The number of ether oxygens (including phenoxy) is 1. The second-order valence-electron chi connectivity index (χ2n) is 5.49. The van der Waals surface area contributed by atoms with Crippen LogP contribution in [0.3, 0.4) is 0 Å². The van der Waals surface area contributed by atoms with Crippen molar-refractivity contribution in [3.63, 3.8) is 0 Å². The Bertz CT molecular complexity index is 577. The van der Waals surface area contributed by atoms with Crippen molar-refractivity contribution in [2.75, 3.05) is 13.7 Å². The molecule has 0 aromatic heterocycles. The molecule has 0 bridgehead atoms. The number of amides is 1. The van der Waals surface area contributed by atoms with E-state index in [1.165, 1.54) is 25.3 Å². The predicted octanol–water partition coefficient (Wildman–Crippen LogP) is 1.88. The smallest absolute Gasteiger partial charge is 0.310 e. The first-order valence-electron chi connectivity index (χ1n) is 6.76. The fraction of sp³-hybridized carbons (Fsp3) is 0.500. The zero-order valence-corrected chi connectivity index (χ0v) is 13.3. The summed E-state index contributed by atoms with van der Waals surface area (Å²) in [7, 11) is 1.33. The number of carbonyl (C=O) groups excluding carboxylic acids is 1. The van der Waals surface area contributed by atoms with Gasteiger partial charge in [0.05, 0.1) is 17.6 Å². The van der Waals surface area contributed by atoms with E-state index in [0.717, 1.165) is 12.8 Å². The molecule has 1 aliphatic rings. The molecule has 0 saturated heterocycles. The van der Waals surface area contributed by atoms with Gasteiger partial charge < -0.3 is 15.8 Å². The minimum Gasteiger partial charge on any atom is -0.490 e. The molecule has 3 N–H and O–H groups in total. The lowest BCUT2D eigenvalue weighted by atomic mass is 9.95. The fourth-order valence-corrected chi connectivity index (χ4v) is 2.34. The van der Waals surface area contributed by atoms with Gasteiger partial charge in [-0.05, 0) is 31.7 Å². The second-order valence-corrected chi connectivity index (χ2v) is 5.49. The van der Waals surface area contributed by atoms with Crippen molar-refractivity contribution in [2.24, 2.45) is 11.7 Å². The Hall–Kier alpha value is -1.86. The topological polar surface area (TPSA) is 107 Å². The van der Waals surface area contributed by atoms with E-state index in [2.05, 4.69) is 5.32 Å². The minimum absolute atomic E-state index is 0. The number of nitrogens with zero attached hydrogens (tertiary/aromatic N) is 1. The van der Waals surface area contributed by atoms with E-state index in [4.69, 9.17) is 10.5 Å². The normalized spacial score (nSPS) is 16.1. The average molecular weight is 330 g/mol. The molecule has 1 fully saturated rings. The van der Waals surface area contributed by atoms with E-state index >= 15 is 0 Å². The lowest BCUT2D eigenvalue weighted by molar-refractivity contribution is -0.385. The van der Waals surface area contributed by atoms with Crippen LogP contribution in [0, 0.1) is 16.0 Å². The molecule has 7 nitrogen and oxygen atoms in total. The molecule has 8 heteroatoms. The quantitative estimate of drug-likeness (QED) is 0.612. The lowest BCUT2D eigenvalue weighted by Gasteiger charge is -2.29. The van der Waals surface area contributed by atoms with Crippen molar-refractivity contribution in [1.29, 1.82) is 0 Å². The average Bonchev–Trinajstić information content (AvgIpc) is 3.31. The number of nitro benzene ring substituents is 1. The molecule has 1 atom stereocenters. The standard InChI is InChI=1S/C14H19N3O4.ClH/c1-14(8-15,10-4-5-10)16-13(18)9-3-6-11(17(19)20)12(7-9)21-2;/h3,6-7,10H,4-5,8,15H2,1-2H3,(H,16,18);1H. The van der Waals surface area contributed by atoms with Gasteiger partial charge in [-0.1, -0.05) is 0 Å². The first-order valence-corrected chi connectivity index (χ1v) is 6.76. The van der Waals surface area contributed by atoms with Crippen LogP contribution < -0.4 is 15.8 Å². The summed E-state index contributed by atoms with van der Waals surface area (Å²) in [5.41, 5.74) is 5.48. The Kier molecular flexibility index (Phi) is 5.73. The monoisotopic (exact) mass is 329 g/mol. The van der Waals surface area contributed by atoms with Crippen LogP contribution in [0.5, 0.6) is 5.75 Å². The minimum atomic E-state index is -0.547. The van der Waals surface area contributed by atoms with Crippen LogP contribution in [0.2, 0.25) is 0 Å². The van der Waals surface area contributed by atoms with Crippen LogP contribution in [0.1, 0.15) is 30.1 Å². The van der Waals surface area contributed by atoms with E-state index < -0.39 is 10.5 Å². The van der Waals surface area contributed by atoms with Gasteiger partial charge in [-0.2, -0.15) is 0 Å². The van der Waals surface area contributed by atoms with E-state index in [0.29, 0.717) is 18.0 Å². The molecule has 2 rings (SSSR count). The molecule has 1 saturated carbocycles. The zero-order chi connectivity index (χ0) is 15.6. The number of benzene rings is 1. The van der Waals surface area contributed by atoms with Crippen LogP contribution in [-0.4, -0.2) is 30.0 Å². The number of carbonyl (C=O) groups is 1. The Morgan fingerprint density at radius 3 is 2.64 bits per heavy atom. The third kappa shape index (κ3) is 3.66. The van der Waals surface area contributed by atoms with E-state index in [1.807, 2.05) is 6.92 Å². The van der Waals surface area contributed by atoms with Gasteiger partial charge in [-0.25, -0.2) is 0 Å². The fourth-order valence-electron chi connectivity index (χ4n) is 2.34. The predicted molar refractivity (Wildman–Crippen MR) is 84.5 cm³/mol. The van der Waals surface area contributed by atoms with Crippen molar-refractivity contribution in [1.82, 2.24) is 5.32 Å². The van der Waals surface area contributed by atoms with Crippen LogP contribution in [0.15, 0.2) is 18.2 Å². The molecule has 22 heavy (non-hydrogen) atoms. The maximum Gasteiger partial charge on any atom is 0.310 e.